The third-order valence-corrected chi connectivity index (χ3v) is 12.6. The second-order valence-corrected chi connectivity index (χ2v) is 15.6. The van der Waals surface area contributed by atoms with Crippen molar-refractivity contribution in [3.05, 3.63) is 108 Å². The Kier molecular flexibility index (Phi) is 8.09. The van der Waals surface area contributed by atoms with E-state index in [4.69, 9.17) is 13.9 Å². The topological polar surface area (TPSA) is 77.1 Å². The van der Waals surface area contributed by atoms with Crippen LogP contribution in [0.2, 0.25) is 5.04 Å². The zero-order valence-corrected chi connectivity index (χ0v) is 25.6. The highest BCUT2D eigenvalue weighted by Crippen LogP contribution is 2.39. The summed E-state index contributed by atoms with van der Waals surface area (Å²) in [6, 6.07) is 31.5. The minimum absolute atomic E-state index is 0.0897. The monoisotopic (exact) mass is 580 g/mol. The maximum Gasteiger partial charge on any atom is 0.319 e. The van der Waals surface area contributed by atoms with Crippen molar-refractivity contribution in [1.29, 1.82) is 0 Å². The molecule has 2 amide bonds. The quantitative estimate of drug-likeness (QED) is 0.289. The molecule has 0 unspecified atom stereocenters. The van der Waals surface area contributed by atoms with Crippen LogP contribution in [0.3, 0.4) is 0 Å². The van der Waals surface area contributed by atoms with Crippen LogP contribution in [0.4, 0.5) is 5.69 Å². The van der Waals surface area contributed by atoms with Crippen LogP contribution in [-0.4, -0.2) is 45.8 Å². The molecule has 5 rings (SSSR count). The number of ether oxygens (including phenoxy) is 2. The van der Waals surface area contributed by atoms with E-state index in [0.717, 1.165) is 15.9 Å². The summed E-state index contributed by atoms with van der Waals surface area (Å²) in [5.41, 5.74) is 1.61. The predicted octanol–water partition coefficient (Wildman–Crippen LogP) is 5.24. The molecule has 0 fully saturated rings. The van der Waals surface area contributed by atoms with E-state index in [2.05, 4.69) is 50.4 Å². The highest BCUT2D eigenvalue weighted by molar-refractivity contribution is 7.00. The first-order chi connectivity index (χ1) is 20.2. The third-order valence-electron chi connectivity index (χ3n) is 7.66. The largest absolute Gasteiger partial charge is 0.534 e. The van der Waals surface area contributed by atoms with E-state index in [1.54, 1.807) is 32.4 Å². The number of carbonyl (C=O) groups excluding carboxylic acids is 2. The Hall–Kier alpha value is -4.56. The summed E-state index contributed by atoms with van der Waals surface area (Å²) in [5.74, 6) is 1.26. The number of nitrogens with one attached hydrogen (secondary N) is 1. The van der Waals surface area contributed by atoms with Crippen molar-refractivity contribution in [2.45, 2.75) is 32.4 Å². The molecule has 4 aromatic carbocycles. The molecule has 8 heteroatoms. The molecule has 0 atom stereocenters. The Morgan fingerprint density at radius 1 is 0.786 bits per heavy atom. The fourth-order valence-electron chi connectivity index (χ4n) is 5.62. The van der Waals surface area contributed by atoms with Gasteiger partial charge >= 0.3 is 8.32 Å². The van der Waals surface area contributed by atoms with E-state index >= 15 is 0 Å². The van der Waals surface area contributed by atoms with E-state index in [1.165, 1.54) is 4.90 Å². The summed E-state index contributed by atoms with van der Waals surface area (Å²) in [6.45, 7) is 6.72. The van der Waals surface area contributed by atoms with Gasteiger partial charge in [0, 0.05) is 11.6 Å². The van der Waals surface area contributed by atoms with Gasteiger partial charge in [-0.3, -0.25) is 9.59 Å². The van der Waals surface area contributed by atoms with Gasteiger partial charge in [-0.25, -0.2) is 0 Å². The van der Waals surface area contributed by atoms with E-state index in [1.807, 2.05) is 54.6 Å². The van der Waals surface area contributed by atoms with Crippen molar-refractivity contribution in [3.63, 3.8) is 0 Å². The summed E-state index contributed by atoms with van der Waals surface area (Å²) >= 11 is 0. The second kappa shape index (κ2) is 11.7. The molecule has 7 nitrogen and oxygen atoms in total. The molecule has 1 N–H and O–H groups in total. The van der Waals surface area contributed by atoms with Gasteiger partial charge in [-0.1, -0.05) is 81.4 Å². The van der Waals surface area contributed by atoms with Crippen LogP contribution in [0.1, 0.15) is 36.7 Å². The molecular formula is C34H36N2O5Si. The van der Waals surface area contributed by atoms with Crippen LogP contribution in [-0.2, 0) is 11.3 Å². The number of anilines is 1. The van der Waals surface area contributed by atoms with E-state index < -0.39 is 8.32 Å². The molecule has 0 aromatic heterocycles. The van der Waals surface area contributed by atoms with Crippen LogP contribution in [0.15, 0.2) is 97.1 Å². The Morgan fingerprint density at radius 2 is 1.40 bits per heavy atom. The molecule has 0 radical (unpaired) electrons. The van der Waals surface area contributed by atoms with Gasteiger partial charge in [-0.05, 0) is 45.7 Å². The number of benzene rings is 4. The highest BCUT2D eigenvalue weighted by Gasteiger charge is 2.52. The number of nitrogens with zero attached hydrogens (tertiary/aromatic N) is 1. The number of amides is 2. The molecule has 0 aliphatic carbocycles. The summed E-state index contributed by atoms with van der Waals surface area (Å²) in [4.78, 5) is 28.4. The Morgan fingerprint density at radius 3 is 1.98 bits per heavy atom. The predicted molar refractivity (Wildman–Crippen MR) is 168 cm³/mol. The molecular weight excluding hydrogens is 544 g/mol. The summed E-state index contributed by atoms with van der Waals surface area (Å²) in [5, 5.41) is 4.91. The number of hydrogen-bond donors (Lipinski definition) is 1. The summed E-state index contributed by atoms with van der Waals surface area (Å²) in [7, 11) is 0.229. The first-order valence-corrected chi connectivity index (χ1v) is 15.8. The molecule has 0 spiro atoms. The minimum atomic E-state index is -2.92. The highest BCUT2D eigenvalue weighted by atomic mass is 28.4. The number of hydrogen-bond acceptors (Lipinski definition) is 5. The van der Waals surface area contributed by atoms with Crippen LogP contribution < -0.4 is 29.6 Å². The molecule has 0 bridgehead atoms. The first kappa shape index (κ1) is 28.9. The summed E-state index contributed by atoms with van der Waals surface area (Å²) in [6.07, 6.45) is 0. The first-order valence-electron chi connectivity index (χ1n) is 13.9. The van der Waals surface area contributed by atoms with Crippen LogP contribution in [0.25, 0.3) is 0 Å². The number of fused-ring (bicyclic) bond motifs is 1. The van der Waals surface area contributed by atoms with Crippen molar-refractivity contribution in [1.82, 2.24) is 4.90 Å². The lowest BCUT2D eigenvalue weighted by Gasteiger charge is -2.43. The molecule has 0 saturated heterocycles. The number of methoxy groups -OCH3 is 2. The van der Waals surface area contributed by atoms with E-state index in [9.17, 15) is 9.59 Å². The van der Waals surface area contributed by atoms with Gasteiger partial charge in [0.25, 0.3) is 5.91 Å². The van der Waals surface area contributed by atoms with Crippen LogP contribution in [0, 0.1) is 0 Å². The fourth-order valence-corrected chi connectivity index (χ4v) is 10.0. The average Bonchev–Trinajstić information content (AvgIpc) is 3.11. The lowest BCUT2D eigenvalue weighted by atomic mass is 10.1. The molecule has 1 aliphatic heterocycles. The van der Waals surface area contributed by atoms with Crippen molar-refractivity contribution in [2.24, 2.45) is 0 Å². The lowest BCUT2D eigenvalue weighted by molar-refractivity contribution is -0.116. The van der Waals surface area contributed by atoms with Crippen molar-refractivity contribution in [2.75, 3.05) is 26.1 Å². The number of carbonyl (C=O) groups is 2. The average molecular weight is 581 g/mol. The zero-order chi connectivity index (χ0) is 29.9. The standard InChI is InChI=1S/C34H36N2O5Si/c1-34(2,3)42(27-12-8-6-9-13-27,28-14-10-7-11-15-28)41-26-18-19-30-29(20-26)33(38)36(23-32(37)35-30)22-24-16-17-25(39-4)21-31(24)40-5/h6-21H,22-23H2,1-5H3,(H,35,37). The van der Waals surface area contributed by atoms with Gasteiger partial charge in [0.15, 0.2) is 0 Å². The molecule has 42 heavy (non-hydrogen) atoms. The van der Waals surface area contributed by atoms with Crippen LogP contribution in [0.5, 0.6) is 17.2 Å². The van der Waals surface area contributed by atoms with Crippen LogP contribution >= 0.6 is 0 Å². The molecule has 1 heterocycles. The van der Waals surface area contributed by atoms with Gasteiger partial charge in [-0.2, -0.15) is 0 Å². The summed E-state index contributed by atoms with van der Waals surface area (Å²) < 4.78 is 18.0. The molecule has 4 aromatic rings. The van der Waals surface area contributed by atoms with Crippen molar-refractivity contribution >= 4 is 36.2 Å². The van der Waals surface area contributed by atoms with Crippen molar-refractivity contribution < 1.29 is 23.5 Å². The Balaban J connectivity index is 1.56. The Labute approximate surface area is 248 Å². The molecule has 0 saturated carbocycles. The SMILES string of the molecule is COc1ccc(CN2CC(=O)Nc3ccc(O[Si](c4ccccc4)(c4ccccc4)C(C)(C)C)cc3C2=O)c(OC)c1. The zero-order valence-electron chi connectivity index (χ0n) is 24.6. The molecule has 1 aliphatic rings. The maximum absolute atomic E-state index is 14.0. The van der Waals surface area contributed by atoms with Gasteiger partial charge in [-0.15, -0.1) is 0 Å². The Bertz CT molecular complexity index is 1550. The lowest BCUT2D eigenvalue weighted by Crippen LogP contribution is -2.68. The maximum atomic E-state index is 14.0. The van der Waals surface area contributed by atoms with E-state index in [0.29, 0.717) is 28.5 Å². The van der Waals surface area contributed by atoms with Gasteiger partial charge < -0.3 is 24.1 Å². The third kappa shape index (κ3) is 5.50. The molecule has 216 valence electrons. The smallest absolute Gasteiger partial charge is 0.319 e. The minimum Gasteiger partial charge on any atom is -0.534 e. The normalized spacial score (nSPS) is 13.6. The second-order valence-electron chi connectivity index (χ2n) is 11.4. The fraction of sp³-hybridized carbons (Fsp3) is 0.235. The van der Waals surface area contributed by atoms with E-state index in [-0.39, 0.29) is 29.9 Å². The van der Waals surface area contributed by atoms with Crippen molar-refractivity contribution in [3.8, 4) is 17.2 Å². The van der Waals surface area contributed by atoms with Gasteiger partial charge in [0.2, 0.25) is 5.91 Å². The van der Waals surface area contributed by atoms with Gasteiger partial charge in [0.1, 0.15) is 23.8 Å². The van der Waals surface area contributed by atoms with Gasteiger partial charge in [0.05, 0.1) is 32.0 Å². The number of rotatable bonds is 8.